The average molecular weight is 346 g/mol. The maximum atomic E-state index is 9.77. The average Bonchev–Trinajstić information content (AvgIpc) is 2.46. The number of nitrogens with one attached hydrogen (secondary N) is 1. The molecule has 0 heterocycles. The normalized spacial score (nSPS) is 12.3. The standard InChI is InChI=1S/C15H24BrNO3/c1-2-3-9-19-10-8-17-11-14(18)12-20-15-6-4-13(16)5-7-15/h4-7,14,17-18H,2-3,8-12H2,1H3. The molecule has 0 aromatic heterocycles. The molecule has 0 bridgehead atoms. The third kappa shape index (κ3) is 8.53. The smallest absolute Gasteiger partial charge is 0.119 e. The molecule has 4 nitrogen and oxygen atoms in total. The van der Waals surface area contributed by atoms with Gasteiger partial charge >= 0.3 is 0 Å². The van der Waals surface area contributed by atoms with Gasteiger partial charge in [-0.05, 0) is 30.7 Å². The minimum Gasteiger partial charge on any atom is -0.491 e. The molecule has 1 unspecified atom stereocenters. The van der Waals surface area contributed by atoms with Gasteiger partial charge in [-0.15, -0.1) is 0 Å². The van der Waals surface area contributed by atoms with Crippen LogP contribution >= 0.6 is 15.9 Å². The quantitative estimate of drug-likeness (QED) is 0.605. The van der Waals surface area contributed by atoms with Crippen molar-refractivity contribution in [2.45, 2.75) is 25.9 Å². The molecule has 1 rings (SSSR count). The summed E-state index contributed by atoms with van der Waals surface area (Å²) in [6.45, 7) is 5.18. The van der Waals surface area contributed by atoms with E-state index < -0.39 is 6.10 Å². The van der Waals surface area contributed by atoms with Crippen molar-refractivity contribution in [3.63, 3.8) is 0 Å². The van der Waals surface area contributed by atoms with Crippen molar-refractivity contribution in [2.24, 2.45) is 0 Å². The topological polar surface area (TPSA) is 50.7 Å². The van der Waals surface area contributed by atoms with Crippen molar-refractivity contribution in [1.29, 1.82) is 0 Å². The second kappa shape index (κ2) is 11.1. The summed E-state index contributed by atoms with van der Waals surface area (Å²) in [6.07, 6.45) is 1.73. The summed E-state index contributed by atoms with van der Waals surface area (Å²) in [5.74, 6) is 0.759. The number of unbranched alkanes of at least 4 members (excludes halogenated alkanes) is 1. The van der Waals surface area contributed by atoms with Crippen LogP contribution in [0.1, 0.15) is 19.8 Å². The van der Waals surface area contributed by atoms with E-state index in [0.29, 0.717) is 13.2 Å². The highest BCUT2D eigenvalue weighted by atomic mass is 79.9. The van der Waals surface area contributed by atoms with E-state index >= 15 is 0 Å². The summed E-state index contributed by atoms with van der Waals surface area (Å²) in [7, 11) is 0. The Bertz CT molecular complexity index is 345. The molecule has 0 saturated carbocycles. The third-order valence-electron chi connectivity index (χ3n) is 2.70. The Balaban J connectivity index is 2.00. The number of hydrogen-bond acceptors (Lipinski definition) is 4. The Kier molecular flexibility index (Phi) is 9.66. The minimum atomic E-state index is -0.519. The van der Waals surface area contributed by atoms with Crippen molar-refractivity contribution >= 4 is 15.9 Å². The number of rotatable bonds is 11. The molecule has 20 heavy (non-hydrogen) atoms. The van der Waals surface area contributed by atoms with Crippen LogP contribution in [0.25, 0.3) is 0 Å². The van der Waals surface area contributed by atoms with Gasteiger partial charge in [-0.3, -0.25) is 0 Å². The molecule has 0 amide bonds. The van der Waals surface area contributed by atoms with Crippen LogP contribution in [-0.2, 0) is 4.74 Å². The highest BCUT2D eigenvalue weighted by Gasteiger charge is 2.04. The van der Waals surface area contributed by atoms with E-state index in [9.17, 15) is 5.11 Å². The Hall–Kier alpha value is -0.620. The van der Waals surface area contributed by atoms with Gasteiger partial charge in [0.1, 0.15) is 18.5 Å². The molecule has 114 valence electrons. The molecule has 0 saturated heterocycles. The van der Waals surface area contributed by atoms with E-state index in [4.69, 9.17) is 9.47 Å². The van der Waals surface area contributed by atoms with Crippen molar-refractivity contribution in [1.82, 2.24) is 5.32 Å². The van der Waals surface area contributed by atoms with E-state index in [2.05, 4.69) is 28.2 Å². The zero-order valence-corrected chi connectivity index (χ0v) is 13.6. The SMILES string of the molecule is CCCCOCCNCC(O)COc1ccc(Br)cc1. The summed E-state index contributed by atoms with van der Waals surface area (Å²) in [4.78, 5) is 0. The lowest BCUT2D eigenvalue weighted by atomic mass is 10.3. The second-order valence-electron chi connectivity index (χ2n) is 4.59. The molecule has 2 N–H and O–H groups in total. The molecule has 0 aliphatic rings. The van der Waals surface area contributed by atoms with Crippen molar-refractivity contribution < 1.29 is 14.6 Å². The van der Waals surface area contributed by atoms with Crippen LogP contribution in [0.4, 0.5) is 0 Å². The van der Waals surface area contributed by atoms with Crippen molar-refractivity contribution in [3.8, 4) is 5.75 Å². The fraction of sp³-hybridized carbons (Fsp3) is 0.600. The lowest BCUT2D eigenvalue weighted by Gasteiger charge is -2.13. The van der Waals surface area contributed by atoms with Crippen LogP contribution in [0.5, 0.6) is 5.75 Å². The van der Waals surface area contributed by atoms with Gasteiger partial charge in [-0.1, -0.05) is 29.3 Å². The lowest BCUT2D eigenvalue weighted by Crippen LogP contribution is -2.33. The Morgan fingerprint density at radius 3 is 2.70 bits per heavy atom. The van der Waals surface area contributed by atoms with Gasteiger partial charge in [-0.2, -0.15) is 0 Å². The van der Waals surface area contributed by atoms with Crippen molar-refractivity contribution in [3.05, 3.63) is 28.7 Å². The van der Waals surface area contributed by atoms with Gasteiger partial charge in [0, 0.05) is 24.2 Å². The van der Waals surface area contributed by atoms with Crippen molar-refractivity contribution in [2.75, 3.05) is 32.9 Å². The summed E-state index contributed by atoms with van der Waals surface area (Å²) in [5.41, 5.74) is 0. The molecule has 0 fully saturated rings. The Morgan fingerprint density at radius 2 is 2.00 bits per heavy atom. The van der Waals surface area contributed by atoms with Gasteiger partial charge in [0.2, 0.25) is 0 Å². The van der Waals surface area contributed by atoms with Crippen LogP contribution < -0.4 is 10.1 Å². The number of aliphatic hydroxyl groups excluding tert-OH is 1. The second-order valence-corrected chi connectivity index (χ2v) is 5.50. The van der Waals surface area contributed by atoms with Gasteiger partial charge in [0.05, 0.1) is 6.61 Å². The molecule has 0 aliphatic carbocycles. The molecule has 0 aliphatic heterocycles. The highest BCUT2D eigenvalue weighted by Crippen LogP contribution is 2.16. The van der Waals surface area contributed by atoms with E-state index in [0.717, 1.165) is 36.2 Å². The third-order valence-corrected chi connectivity index (χ3v) is 3.23. The zero-order chi connectivity index (χ0) is 14.6. The van der Waals surface area contributed by atoms with E-state index in [1.165, 1.54) is 0 Å². The highest BCUT2D eigenvalue weighted by molar-refractivity contribution is 9.10. The first-order valence-corrected chi connectivity index (χ1v) is 7.86. The lowest BCUT2D eigenvalue weighted by molar-refractivity contribution is 0.0982. The largest absolute Gasteiger partial charge is 0.491 e. The first-order valence-electron chi connectivity index (χ1n) is 7.07. The van der Waals surface area contributed by atoms with Gasteiger partial charge < -0.3 is 19.9 Å². The predicted molar refractivity (Wildman–Crippen MR) is 84.2 cm³/mol. The van der Waals surface area contributed by atoms with Crippen LogP contribution in [0.15, 0.2) is 28.7 Å². The van der Waals surface area contributed by atoms with Crippen LogP contribution in [0.2, 0.25) is 0 Å². The molecule has 5 heteroatoms. The van der Waals surface area contributed by atoms with Crippen LogP contribution in [0.3, 0.4) is 0 Å². The number of benzene rings is 1. The van der Waals surface area contributed by atoms with Gasteiger partial charge in [-0.25, -0.2) is 0 Å². The maximum absolute atomic E-state index is 9.77. The number of halogens is 1. The monoisotopic (exact) mass is 345 g/mol. The Morgan fingerprint density at radius 1 is 1.25 bits per heavy atom. The fourth-order valence-electron chi connectivity index (χ4n) is 1.54. The van der Waals surface area contributed by atoms with Crippen LogP contribution in [0, 0.1) is 0 Å². The summed E-state index contributed by atoms with van der Waals surface area (Å²) < 4.78 is 11.9. The predicted octanol–water partition coefficient (Wildman–Crippen LogP) is 2.60. The molecule has 1 aromatic rings. The maximum Gasteiger partial charge on any atom is 0.119 e. The molecule has 0 radical (unpaired) electrons. The fourth-order valence-corrected chi connectivity index (χ4v) is 1.81. The molecular weight excluding hydrogens is 322 g/mol. The number of hydrogen-bond donors (Lipinski definition) is 2. The zero-order valence-electron chi connectivity index (χ0n) is 12.0. The van der Waals surface area contributed by atoms with Gasteiger partial charge in [0.15, 0.2) is 0 Å². The molecular formula is C15H24BrNO3. The first kappa shape index (κ1) is 17.4. The molecule has 1 atom stereocenters. The molecule has 1 aromatic carbocycles. The van der Waals surface area contributed by atoms with Crippen LogP contribution in [-0.4, -0.2) is 44.1 Å². The van der Waals surface area contributed by atoms with E-state index in [1.54, 1.807) is 0 Å². The summed E-state index contributed by atoms with van der Waals surface area (Å²) >= 11 is 3.36. The minimum absolute atomic E-state index is 0.283. The molecule has 0 spiro atoms. The Labute approximate surface area is 129 Å². The summed E-state index contributed by atoms with van der Waals surface area (Å²) in [5, 5.41) is 12.9. The van der Waals surface area contributed by atoms with E-state index in [-0.39, 0.29) is 6.61 Å². The summed E-state index contributed by atoms with van der Waals surface area (Å²) in [6, 6.07) is 7.55. The van der Waals surface area contributed by atoms with Gasteiger partial charge in [0.25, 0.3) is 0 Å². The first-order chi connectivity index (χ1) is 9.72. The number of ether oxygens (including phenoxy) is 2. The number of aliphatic hydroxyl groups is 1. The van der Waals surface area contributed by atoms with E-state index in [1.807, 2.05) is 24.3 Å².